The molecule has 4 nitrogen and oxygen atoms in total. The third kappa shape index (κ3) is 4.18. The van der Waals surface area contributed by atoms with Gasteiger partial charge in [0.1, 0.15) is 23.7 Å². The van der Waals surface area contributed by atoms with Gasteiger partial charge < -0.3 is 14.2 Å². The summed E-state index contributed by atoms with van der Waals surface area (Å²) >= 11 is 0. The lowest BCUT2D eigenvalue weighted by Gasteiger charge is -2.12. The fourth-order valence-electron chi connectivity index (χ4n) is 1.98. The molecular weight excluding hydrogens is 325 g/mol. The normalized spacial score (nSPS) is 11.0. The monoisotopic (exact) mass is 340 g/mol. The van der Waals surface area contributed by atoms with Gasteiger partial charge in [0, 0.05) is 6.07 Å². The number of carbonyl (C=O) groups is 1. The molecule has 0 heterocycles. The Bertz CT molecular complexity index is 709. The number of esters is 1. The SMILES string of the molecule is COC(=O)c1ccc(OC)cc1OCc1ccc(C(F)(F)F)cc1. The first-order valence-corrected chi connectivity index (χ1v) is 6.90. The van der Waals surface area contributed by atoms with Crippen molar-refractivity contribution in [3.8, 4) is 11.5 Å². The van der Waals surface area contributed by atoms with Gasteiger partial charge in [-0.2, -0.15) is 13.2 Å². The molecule has 0 bridgehead atoms. The van der Waals surface area contributed by atoms with E-state index in [0.717, 1.165) is 12.1 Å². The maximum Gasteiger partial charge on any atom is 0.416 e. The molecule has 0 unspecified atom stereocenters. The quantitative estimate of drug-likeness (QED) is 0.770. The van der Waals surface area contributed by atoms with Gasteiger partial charge in [0.25, 0.3) is 0 Å². The van der Waals surface area contributed by atoms with Gasteiger partial charge in [-0.05, 0) is 29.8 Å². The summed E-state index contributed by atoms with van der Waals surface area (Å²) < 4.78 is 52.9. The Kier molecular flexibility index (Phi) is 5.33. The van der Waals surface area contributed by atoms with Crippen molar-refractivity contribution in [1.82, 2.24) is 0 Å². The topological polar surface area (TPSA) is 44.8 Å². The first-order valence-electron chi connectivity index (χ1n) is 6.90. The molecule has 2 aromatic rings. The first kappa shape index (κ1) is 17.7. The van der Waals surface area contributed by atoms with Gasteiger partial charge in [-0.25, -0.2) is 4.79 Å². The van der Waals surface area contributed by atoms with Crippen molar-refractivity contribution in [2.24, 2.45) is 0 Å². The van der Waals surface area contributed by atoms with Crippen LogP contribution >= 0.6 is 0 Å². The van der Waals surface area contributed by atoms with E-state index in [1.807, 2.05) is 0 Å². The van der Waals surface area contributed by atoms with Crippen LogP contribution in [-0.4, -0.2) is 20.2 Å². The Hall–Kier alpha value is -2.70. The second-order valence-electron chi connectivity index (χ2n) is 4.84. The average Bonchev–Trinajstić information content (AvgIpc) is 2.58. The number of halogens is 3. The molecule has 128 valence electrons. The van der Waals surface area contributed by atoms with E-state index in [1.54, 1.807) is 6.07 Å². The maximum atomic E-state index is 12.5. The molecule has 0 aliphatic carbocycles. The number of hydrogen-bond donors (Lipinski definition) is 0. The molecule has 0 aromatic heterocycles. The van der Waals surface area contributed by atoms with E-state index < -0.39 is 17.7 Å². The van der Waals surface area contributed by atoms with Crippen molar-refractivity contribution in [1.29, 1.82) is 0 Å². The number of carbonyl (C=O) groups excluding carboxylic acids is 1. The van der Waals surface area contributed by atoms with Crippen LogP contribution < -0.4 is 9.47 Å². The Morgan fingerprint density at radius 3 is 2.25 bits per heavy atom. The lowest BCUT2D eigenvalue weighted by Crippen LogP contribution is -2.07. The van der Waals surface area contributed by atoms with E-state index in [4.69, 9.17) is 9.47 Å². The minimum absolute atomic E-state index is 0.00466. The van der Waals surface area contributed by atoms with Crippen LogP contribution in [0.4, 0.5) is 13.2 Å². The molecule has 0 aliphatic rings. The van der Waals surface area contributed by atoms with Gasteiger partial charge in [-0.1, -0.05) is 12.1 Å². The molecule has 0 saturated carbocycles. The highest BCUT2D eigenvalue weighted by Gasteiger charge is 2.29. The summed E-state index contributed by atoms with van der Waals surface area (Å²) in [6, 6.07) is 9.18. The summed E-state index contributed by atoms with van der Waals surface area (Å²) in [5.74, 6) is 0.117. The third-order valence-corrected chi connectivity index (χ3v) is 3.27. The molecule has 0 N–H and O–H groups in total. The van der Waals surface area contributed by atoms with Gasteiger partial charge in [-0.3, -0.25) is 0 Å². The average molecular weight is 340 g/mol. The standard InChI is InChI=1S/C17H15F3O4/c1-22-13-7-8-14(16(21)23-2)15(9-13)24-10-11-3-5-12(6-4-11)17(18,19)20/h3-9H,10H2,1-2H3. The van der Waals surface area contributed by atoms with Crippen LogP contribution in [0.5, 0.6) is 11.5 Å². The van der Waals surface area contributed by atoms with Crippen LogP contribution in [0, 0.1) is 0 Å². The number of rotatable bonds is 5. The van der Waals surface area contributed by atoms with Gasteiger partial charge in [0.05, 0.1) is 19.8 Å². The number of methoxy groups -OCH3 is 2. The minimum Gasteiger partial charge on any atom is -0.497 e. The maximum absolute atomic E-state index is 12.5. The summed E-state index contributed by atoms with van der Waals surface area (Å²) in [6.07, 6.45) is -4.38. The Balaban J connectivity index is 2.17. The predicted molar refractivity (Wildman–Crippen MR) is 80.1 cm³/mol. The number of alkyl halides is 3. The summed E-state index contributed by atoms with van der Waals surface area (Å²) in [5, 5.41) is 0. The second kappa shape index (κ2) is 7.25. The van der Waals surface area contributed by atoms with Gasteiger partial charge >= 0.3 is 12.1 Å². The molecular formula is C17H15F3O4. The van der Waals surface area contributed by atoms with Crippen LogP contribution in [0.1, 0.15) is 21.5 Å². The largest absolute Gasteiger partial charge is 0.497 e. The fraction of sp³-hybridized carbons (Fsp3) is 0.235. The highest BCUT2D eigenvalue weighted by Crippen LogP contribution is 2.30. The zero-order valence-corrected chi connectivity index (χ0v) is 13.0. The zero-order chi connectivity index (χ0) is 17.7. The van der Waals surface area contributed by atoms with E-state index in [1.165, 1.54) is 38.5 Å². The Morgan fingerprint density at radius 1 is 1.04 bits per heavy atom. The molecule has 24 heavy (non-hydrogen) atoms. The summed E-state index contributed by atoms with van der Waals surface area (Å²) in [7, 11) is 2.71. The molecule has 2 aromatic carbocycles. The fourth-order valence-corrected chi connectivity index (χ4v) is 1.98. The second-order valence-corrected chi connectivity index (χ2v) is 4.84. The van der Waals surface area contributed by atoms with Gasteiger partial charge in [0.15, 0.2) is 0 Å². The smallest absolute Gasteiger partial charge is 0.416 e. The summed E-state index contributed by atoms with van der Waals surface area (Å²) in [6.45, 7) is -0.00466. The Labute approximate surface area is 136 Å². The number of benzene rings is 2. The van der Waals surface area contributed by atoms with Crippen LogP contribution in [0.3, 0.4) is 0 Å². The lowest BCUT2D eigenvalue weighted by atomic mass is 10.1. The summed E-state index contributed by atoms with van der Waals surface area (Å²) in [5.41, 5.74) is -0.00488. The van der Waals surface area contributed by atoms with E-state index >= 15 is 0 Å². The first-order chi connectivity index (χ1) is 11.3. The molecule has 7 heteroatoms. The van der Waals surface area contributed by atoms with Gasteiger partial charge in [-0.15, -0.1) is 0 Å². The van der Waals surface area contributed by atoms with Crippen LogP contribution in [0.25, 0.3) is 0 Å². The lowest BCUT2D eigenvalue weighted by molar-refractivity contribution is -0.137. The molecule has 2 rings (SSSR count). The third-order valence-electron chi connectivity index (χ3n) is 3.27. The van der Waals surface area contributed by atoms with Crippen molar-refractivity contribution in [2.75, 3.05) is 14.2 Å². The molecule has 0 spiro atoms. The molecule has 0 aliphatic heterocycles. The summed E-state index contributed by atoms with van der Waals surface area (Å²) in [4.78, 5) is 11.7. The van der Waals surface area contributed by atoms with Gasteiger partial charge in [0.2, 0.25) is 0 Å². The van der Waals surface area contributed by atoms with E-state index in [9.17, 15) is 18.0 Å². The molecule has 0 saturated heterocycles. The Morgan fingerprint density at radius 2 is 1.71 bits per heavy atom. The minimum atomic E-state index is -4.38. The van der Waals surface area contributed by atoms with Crippen LogP contribution in [-0.2, 0) is 17.5 Å². The highest BCUT2D eigenvalue weighted by molar-refractivity contribution is 5.92. The van der Waals surface area contributed by atoms with Crippen LogP contribution in [0.15, 0.2) is 42.5 Å². The van der Waals surface area contributed by atoms with Crippen molar-refractivity contribution < 1.29 is 32.2 Å². The van der Waals surface area contributed by atoms with Crippen LogP contribution in [0.2, 0.25) is 0 Å². The molecule has 0 radical (unpaired) electrons. The van der Waals surface area contributed by atoms with Crippen molar-refractivity contribution >= 4 is 5.97 Å². The van der Waals surface area contributed by atoms with Crippen molar-refractivity contribution in [2.45, 2.75) is 12.8 Å². The number of ether oxygens (including phenoxy) is 3. The highest BCUT2D eigenvalue weighted by atomic mass is 19.4. The van der Waals surface area contributed by atoms with Crippen molar-refractivity contribution in [3.63, 3.8) is 0 Å². The molecule has 0 atom stereocenters. The molecule has 0 fully saturated rings. The number of hydrogen-bond acceptors (Lipinski definition) is 4. The van der Waals surface area contributed by atoms with E-state index in [2.05, 4.69) is 4.74 Å². The zero-order valence-electron chi connectivity index (χ0n) is 13.0. The van der Waals surface area contributed by atoms with Crippen molar-refractivity contribution in [3.05, 3.63) is 59.2 Å². The predicted octanol–water partition coefficient (Wildman–Crippen LogP) is 4.08. The van der Waals surface area contributed by atoms with E-state index in [-0.39, 0.29) is 17.9 Å². The molecule has 0 amide bonds. The van der Waals surface area contributed by atoms with E-state index in [0.29, 0.717) is 11.3 Å².